The smallest absolute Gasteiger partial charge is 0.339 e. The van der Waals surface area contributed by atoms with Crippen LogP contribution in [0.1, 0.15) is 10.4 Å². The monoisotopic (exact) mass is 490 g/mol. The van der Waals surface area contributed by atoms with E-state index < -0.39 is 18.5 Å². The molecule has 0 radical (unpaired) electrons. The fraction of sp³-hybridized carbons (Fsp3) is 0.0385. The molecule has 0 aliphatic rings. The number of hydrogen-bond acceptors (Lipinski definition) is 5. The number of benzene rings is 4. The SMILES string of the molecule is O=C(COC(=O)c1cccc2cccc(-c3nc4ccccc4o3)c12)Nc1cc(Cl)ccc1Cl. The van der Waals surface area contributed by atoms with E-state index in [1.54, 1.807) is 24.3 Å². The fourth-order valence-corrected chi connectivity index (χ4v) is 4.00. The van der Waals surface area contributed by atoms with Gasteiger partial charge in [0.05, 0.1) is 16.3 Å². The van der Waals surface area contributed by atoms with Gasteiger partial charge in [-0.2, -0.15) is 0 Å². The quantitative estimate of drug-likeness (QED) is 0.275. The van der Waals surface area contributed by atoms with Gasteiger partial charge in [-0.3, -0.25) is 4.79 Å². The van der Waals surface area contributed by atoms with Crippen molar-refractivity contribution in [2.45, 2.75) is 0 Å². The molecule has 0 aliphatic carbocycles. The van der Waals surface area contributed by atoms with Crippen LogP contribution in [0.25, 0.3) is 33.3 Å². The zero-order chi connectivity index (χ0) is 23.7. The number of nitrogens with zero attached hydrogens (tertiary/aromatic N) is 1. The molecule has 34 heavy (non-hydrogen) atoms. The number of rotatable bonds is 5. The number of amides is 1. The van der Waals surface area contributed by atoms with Gasteiger partial charge in [0.2, 0.25) is 5.89 Å². The van der Waals surface area contributed by atoms with Crippen LogP contribution in [0.3, 0.4) is 0 Å². The summed E-state index contributed by atoms with van der Waals surface area (Å²) in [5, 5.41) is 4.76. The van der Waals surface area contributed by atoms with E-state index in [0.717, 1.165) is 5.39 Å². The summed E-state index contributed by atoms with van der Waals surface area (Å²) in [4.78, 5) is 29.9. The lowest BCUT2D eigenvalue weighted by atomic mass is 9.99. The minimum Gasteiger partial charge on any atom is -0.452 e. The second kappa shape index (κ2) is 9.17. The van der Waals surface area contributed by atoms with Crippen LogP contribution < -0.4 is 5.32 Å². The van der Waals surface area contributed by atoms with Crippen LogP contribution in [-0.2, 0) is 9.53 Å². The number of fused-ring (bicyclic) bond motifs is 2. The van der Waals surface area contributed by atoms with E-state index in [4.69, 9.17) is 32.4 Å². The average Bonchev–Trinajstić information content (AvgIpc) is 3.28. The normalized spacial score (nSPS) is 11.0. The van der Waals surface area contributed by atoms with Crippen molar-refractivity contribution in [3.05, 3.63) is 94.5 Å². The molecule has 0 spiro atoms. The Morgan fingerprint density at radius 3 is 2.56 bits per heavy atom. The van der Waals surface area contributed by atoms with E-state index in [0.29, 0.717) is 49.2 Å². The number of nitrogens with one attached hydrogen (secondary N) is 1. The van der Waals surface area contributed by atoms with E-state index in [9.17, 15) is 9.59 Å². The van der Waals surface area contributed by atoms with Crippen molar-refractivity contribution >= 4 is 62.6 Å². The lowest BCUT2D eigenvalue weighted by Crippen LogP contribution is -2.21. The van der Waals surface area contributed by atoms with Gasteiger partial charge in [0.1, 0.15) is 5.52 Å². The predicted molar refractivity (Wildman–Crippen MR) is 132 cm³/mol. The molecule has 4 aromatic carbocycles. The first kappa shape index (κ1) is 21.9. The first-order valence-electron chi connectivity index (χ1n) is 10.3. The van der Waals surface area contributed by atoms with Gasteiger partial charge in [-0.1, -0.05) is 59.6 Å². The summed E-state index contributed by atoms with van der Waals surface area (Å²) in [5.74, 6) is -0.807. The highest BCUT2D eigenvalue weighted by Gasteiger charge is 2.19. The highest BCUT2D eigenvalue weighted by atomic mass is 35.5. The molecule has 8 heteroatoms. The third-order valence-corrected chi connectivity index (χ3v) is 5.75. The molecule has 0 aliphatic heterocycles. The third kappa shape index (κ3) is 4.33. The van der Waals surface area contributed by atoms with E-state index in [2.05, 4.69) is 10.3 Å². The molecule has 1 aromatic heterocycles. The summed E-state index contributed by atoms with van der Waals surface area (Å²) in [7, 11) is 0. The Kier molecular flexibility index (Phi) is 5.92. The Balaban J connectivity index is 1.42. The first-order valence-corrected chi connectivity index (χ1v) is 11.0. The van der Waals surface area contributed by atoms with Crippen LogP contribution in [0.4, 0.5) is 5.69 Å². The lowest BCUT2D eigenvalue weighted by molar-refractivity contribution is -0.119. The second-order valence-electron chi connectivity index (χ2n) is 7.44. The number of anilines is 1. The average molecular weight is 491 g/mol. The van der Waals surface area contributed by atoms with Crippen LogP contribution in [0, 0.1) is 0 Å². The Bertz CT molecular complexity index is 1520. The van der Waals surface area contributed by atoms with Crippen molar-refractivity contribution in [1.29, 1.82) is 0 Å². The third-order valence-electron chi connectivity index (χ3n) is 5.19. The van der Waals surface area contributed by atoms with Crippen molar-refractivity contribution in [2.75, 3.05) is 11.9 Å². The highest BCUT2D eigenvalue weighted by molar-refractivity contribution is 6.35. The number of aromatic nitrogens is 1. The van der Waals surface area contributed by atoms with Crippen LogP contribution in [0.5, 0.6) is 0 Å². The Morgan fingerprint density at radius 2 is 1.74 bits per heavy atom. The number of carbonyl (C=O) groups excluding carboxylic acids is 2. The largest absolute Gasteiger partial charge is 0.452 e. The minimum atomic E-state index is -0.651. The predicted octanol–water partition coefficient (Wildman–Crippen LogP) is 6.75. The van der Waals surface area contributed by atoms with Crippen LogP contribution in [0.2, 0.25) is 10.0 Å². The highest BCUT2D eigenvalue weighted by Crippen LogP contribution is 2.33. The number of esters is 1. The van der Waals surface area contributed by atoms with Crippen molar-refractivity contribution in [2.24, 2.45) is 0 Å². The molecule has 0 fully saturated rings. The van der Waals surface area contributed by atoms with Crippen LogP contribution in [0.15, 0.2) is 83.3 Å². The van der Waals surface area contributed by atoms with Gasteiger partial charge < -0.3 is 14.5 Å². The topological polar surface area (TPSA) is 81.4 Å². The maximum absolute atomic E-state index is 13.0. The Morgan fingerprint density at radius 1 is 0.941 bits per heavy atom. The molecular formula is C26H16Cl2N2O4. The van der Waals surface area contributed by atoms with Crippen LogP contribution in [-0.4, -0.2) is 23.5 Å². The standard InChI is InChI=1S/C26H16Cl2N2O4/c27-16-11-12-19(28)21(13-16)29-23(31)14-33-26(32)18-8-4-6-15-5-3-7-17(24(15)18)25-30-20-9-1-2-10-22(20)34-25/h1-13H,14H2,(H,29,31). The zero-order valence-corrected chi connectivity index (χ0v) is 19.1. The summed E-state index contributed by atoms with van der Waals surface area (Å²) in [6.07, 6.45) is 0. The molecule has 0 saturated heterocycles. The van der Waals surface area contributed by atoms with Gasteiger partial charge in [-0.05, 0) is 47.9 Å². The van der Waals surface area contributed by atoms with Crippen molar-refractivity contribution in [3.8, 4) is 11.5 Å². The van der Waals surface area contributed by atoms with Crippen molar-refractivity contribution in [1.82, 2.24) is 4.98 Å². The molecule has 1 N–H and O–H groups in total. The van der Waals surface area contributed by atoms with Gasteiger partial charge in [-0.15, -0.1) is 0 Å². The van der Waals surface area contributed by atoms with Gasteiger partial charge in [0.15, 0.2) is 12.2 Å². The van der Waals surface area contributed by atoms with E-state index in [1.165, 1.54) is 6.07 Å². The number of ether oxygens (including phenoxy) is 1. The summed E-state index contributed by atoms with van der Waals surface area (Å²) >= 11 is 12.0. The van der Waals surface area contributed by atoms with Crippen molar-refractivity contribution in [3.63, 3.8) is 0 Å². The van der Waals surface area contributed by atoms with Gasteiger partial charge >= 0.3 is 5.97 Å². The van der Waals surface area contributed by atoms with E-state index >= 15 is 0 Å². The summed E-state index contributed by atoms with van der Waals surface area (Å²) in [5.41, 5.74) is 2.63. The summed E-state index contributed by atoms with van der Waals surface area (Å²) in [6.45, 7) is -0.497. The molecular weight excluding hydrogens is 475 g/mol. The summed E-state index contributed by atoms with van der Waals surface area (Å²) in [6, 6.07) is 23.0. The molecule has 5 rings (SSSR count). The molecule has 168 valence electrons. The number of halogens is 2. The Labute approximate surface area is 204 Å². The van der Waals surface area contributed by atoms with Crippen LogP contribution >= 0.6 is 23.2 Å². The molecule has 1 amide bonds. The number of oxazole rings is 1. The summed E-state index contributed by atoms with van der Waals surface area (Å²) < 4.78 is 11.2. The van der Waals surface area contributed by atoms with E-state index in [1.807, 2.05) is 48.5 Å². The first-order chi connectivity index (χ1) is 16.5. The molecule has 1 heterocycles. The van der Waals surface area contributed by atoms with Gasteiger partial charge in [0.25, 0.3) is 5.91 Å². The van der Waals surface area contributed by atoms with Gasteiger partial charge in [0, 0.05) is 16.0 Å². The second-order valence-corrected chi connectivity index (χ2v) is 8.29. The maximum Gasteiger partial charge on any atom is 0.339 e. The Hall–Kier alpha value is -3.87. The molecule has 0 unspecified atom stereocenters. The zero-order valence-electron chi connectivity index (χ0n) is 17.5. The number of hydrogen-bond donors (Lipinski definition) is 1. The number of carbonyl (C=O) groups is 2. The molecule has 6 nitrogen and oxygen atoms in total. The van der Waals surface area contributed by atoms with Crippen molar-refractivity contribution < 1.29 is 18.7 Å². The fourth-order valence-electron chi connectivity index (χ4n) is 3.67. The minimum absolute atomic E-state index is 0.295. The lowest BCUT2D eigenvalue weighted by Gasteiger charge is -2.11. The molecule has 0 saturated carbocycles. The molecule has 0 bridgehead atoms. The number of para-hydroxylation sites is 2. The molecule has 5 aromatic rings. The molecule has 0 atom stereocenters. The van der Waals surface area contributed by atoms with E-state index in [-0.39, 0.29) is 0 Å². The maximum atomic E-state index is 13.0. The van der Waals surface area contributed by atoms with Gasteiger partial charge in [-0.25, -0.2) is 9.78 Å².